The van der Waals surface area contributed by atoms with Crippen molar-refractivity contribution in [3.8, 4) is 0 Å². The minimum absolute atomic E-state index is 0.482. The van der Waals surface area contributed by atoms with E-state index in [0.717, 1.165) is 5.92 Å². The van der Waals surface area contributed by atoms with Gasteiger partial charge in [0.1, 0.15) is 0 Å². The molecule has 0 atom stereocenters. The highest BCUT2D eigenvalue weighted by Crippen LogP contribution is 2.34. The molecule has 0 saturated carbocycles. The van der Waals surface area contributed by atoms with Gasteiger partial charge in [0.25, 0.3) is 0 Å². The van der Waals surface area contributed by atoms with E-state index >= 15 is 0 Å². The predicted molar refractivity (Wildman–Crippen MR) is 126 cm³/mol. The highest BCUT2D eigenvalue weighted by Gasteiger charge is 2.23. The molecule has 0 heteroatoms. The molecule has 0 saturated heterocycles. The SMILES string of the molecule is C=CCCCCCCCCCC(CCCCCCCCCC=C)C(C)(C)C. The van der Waals surface area contributed by atoms with Gasteiger partial charge in [-0.05, 0) is 49.9 Å². The average Bonchev–Trinajstić information content (AvgIpc) is 2.62. The number of unbranched alkanes of at least 4 members (excludes halogenated alkanes) is 14. The Hall–Kier alpha value is -0.520. The fraction of sp³-hybridized carbons (Fsp3) is 0.852. The zero-order chi connectivity index (χ0) is 20.2. The van der Waals surface area contributed by atoms with Crippen molar-refractivity contribution in [3.05, 3.63) is 25.3 Å². The third kappa shape index (κ3) is 18.6. The van der Waals surface area contributed by atoms with Crippen LogP contribution in [0.3, 0.4) is 0 Å². The van der Waals surface area contributed by atoms with Gasteiger partial charge in [-0.25, -0.2) is 0 Å². The molecule has 0 rings (SSSR count). The molecule has 0 bridgehead atoms. The van der Waals surface area contributed by atoms with Crippen molar-refractivity contribution in [3.63, 3.8) is 0 Å². The minimum atomic E-state index is 0.482. The summed E-state index contributed by atoms with van der Waals surface area (Å²) in [5, 5.41) is 0. The molecule has 0 aromatic carbocycles. The summed E-state index contributed by atoms with van der Waals surface area (Å²) in [6.07, 6.45) is 29.2. The van der Waals surface area contributed by atoms with E-state index in [9.17, 15) is 0 Å². The Morgan fingerprint density at radius 1 is 0.519 bits per heavy atom. The lowest BCUT2D eigenvalue weighted by atomic mass is 9.75. The average molecular weight is 377 g/mol. The van der Waals surface area contributed by atoms with Crippen LogP contribution in [0.25, 0.3) is 0 Å². The van der Waals surface area contributed by atoms with Crippen LogP contribution >= 0.6 is 0 Å². The molecule has 0 spiro atoms. The molecule has 0 unspecified atom stereocenters. The second kappa shape index (κ2) is 18.8. The van der Waals surface area contributed by atoms with Gasteiger partial charge in [-0.2, -0.15) is 0 Å². The van der Waals surface area contributed by atoms with E-state index in [-0.39, 0.29) is 0 Å². The maximum atomic E-state index is 3.80. The first-order valence-corrected chi connectivity index (χ1v) is 12.2. The fourth-order valence-corrected chi connectivity index (χ4v) is 4.14. The summed E-state index contributed by atoms with van der Waals surface area (Å²) >= 11 is 0. The Morgan fingerprint density at radius 3 is 1.11 bits per heavy atom. The zero-order valence-electron chi connectivity index (χ0n) is 19.4. The number of rotatable bonds is 20. The summed E-state index contributed by atoms with van der Waals surface area (Å²) in [4.78, 5) is 0. The third-order valence-corrected chi connectivity index (χ3v) is 6.15. The predicted octanol–water partition coefficient (Wildman–Crippen LogP) is 10.0. The van der Waals surface area contributed by atoms with Gasteiger partial charge in [0.15, 0.2) is 0 Å². The monoisotopic (exact) mass is 376 g/mol. The first-order chi connectivity index (χ1) is 13.0. The van der Waals surface area contributed by atoms with E-state index in [2.05, 4.69) is 46.1 Å². The largest absolute Gasteiger partial charge is 0.103 e. The van der Waals surface area contributed by atoms with E-state index in [0.29, 0.717) is 5.41 Å². The van der Waals surface area contributed by atoms with Crippen molar-refractivity contribution in [1.29, 1.82) is 0 Å². The third-order valence-electron chi connectivity index (χ3n) is 6.15. The molecule has 0 N–H and O–H groups in total. The molecule has 0 fully saturated rings. The van der Waals surface area contributed by atoms with Crippen LogP contribution in [0.5, 0.6) is 0 Å². The Bertz CT molecular complexity index is 293. The lowest BCUT2D eigenvalue weighted by Crippen LogP contribution is -2.20. The Morgan fingerprint density at radius 2 is 0.815 bits per heavy atom. The second-order valence-electron chi connectivity index (χ2n) is 9.74. The van der Waals surface area contributed by atoms with Gasteiger partial charge in [-0.15, -0.1) is 13.2 Å². The zero-order valence-corrected chi connectivity index (χ0v) is 19.4. The quantitative estimate of drug-likeness (QED) is 0.146. The van der Waals surface area contributed by atoms with Crippen LogP contribution in [0.2, 0.25) is 0 Å². The molecule has 0 radical (unpaired) electrons. The summed E-state index contributed by atoms with van der Waals surface area (Å²) in [5.74, 6) is 0.915. The number of hydrogen-bond donors (Lipinski definition) is 0. The first kappa shape index (κ1) is 26.5. The number of hydrogen-bond acceptors (Lipinski definition) is 0. The lowest BCUT2D eigenvalue weighted by molar-refractivity contribution is 0.201. The van der Waals surface area contributed by atoms with Crippen molar-refractivity contribution < 1.29 is 0 Å². The molecule has 0 aromatic rings. The van der Waals surface area contributed by atoms with Gasteiger partial charge in [0, 0.05) is 0 Å². The molecule has 0 aliphatic heterocycles. The molecule has 0 aliphatic rings. The first-order valence-electron chi connectivity index (χ1n) is 12.2. The van der Waals surface area contributed by atoms with Gasteiger partial charge >= 0.3 is 0 Å². The molecule has 0 aliphatic carbocycles. The second-order valence-corrected chi connectivity index (χ2v) is 9.74. The van der Waals surface area contributed by atoms with E-state index in [1.165, 1.54) is 116 Å². The van der Waals surface area contributed by atoms with Crippen LogP contribution in [0, 0.1) is 11.3 Å². The summed E-state index contributed by atoms with van der Waals surface area (Å²) in [6, 6.07) is 0. The Labute approximate surface area is 173 Å². The molecule has 0 aromatic heterocycles. The van der Waals surface area contributed by atoms with E-state index < -0.39 is 0 Å². The Balaban J connectivity index is 3.66. The van der Waals surface area contributed by atoms with Crippen molar-refractivity contribution in [1.82, 2.24) is 0 Å². The van der Waals surface area contributed by atoms with E-state index in [4.69, 9.17) is 0 Å². The standard InChI is InChI=1S/C27H52/c1-6-8-10-12-14-16-18-20-22-24-26(27(3,4)5)25-23-21-19-17-15-13-11-9-7-2/h6-7,26H,1-2,8-25H2,3-5H3. The van der Waals surface area contributed by atoms with Crippen LogP contribution in [0.15, 0.2) is 25.3 Å². The molecule has 0 amide bonds. The van der Waals surface area contributed by atoms with Gasteiger partial charge in [0.2, 0.25) is 0 Å². The highest BCUT2D eigenvalue weighted by molar-refractivity contribution is 4.74. The molecule has 160 valence electrons. The Kier molecular flexibility index (Phi) is 18.5. The van der Waals surface area contributed by atoms with Gasteiger partial charge < -0.3 is 0 Å². The highest BCUT2D eigenvalue weighted by atomic mass is 14.3. The summed E-state index contributed by atoms with van der Waals surface area (Å²) in [7, 11) is 0. The molecule has 0 heterocycles. The summed E-state index contributed by atoms with van der Waals surface area (Å²) in [6.45, 7) is 15.0. The van der Waals surface area contributed by atoms with Crippen molar-refractivity contribution in [2.75, 3.05) is 0 Å². The summed E-state index contributed by atoms with van der Waals surface area (Å²) in [5.41, 5.74) is 0.482. The van der Waals surface area contributed by atoms with Crippen LogP contribution in [-0.4, -0.2) is 0 Å². The normalized spacial score (nSPS) is 11.9. The molecule has 0 nitrogen and oxygen atoms in total. The lowest BCUT2D eigenvalue weighted by Gasteiger charge is -2.31. The van der Waals surface area contributed by atoms with Crippen LogP contribution in [0.4, 0.5) is 0 Å². The van der Waals surface area contributed by atoms with Gasteiger partial charge in [0.05, 0.1) is 0 Å². The minimum Gasteiger partial charge on any atom is -0.103 e. The van der Waals surface area contributed by atoms with Crippen molar-refractivity contribution in [2.24, 2.45) is 11.3 Å². The van der Waals surface area contributed by atoms with Crippen LogP contribution in [-0.2, 0) is 0 Å². The van der Waals surface area contributed by atoms with Gasteiger partial charge in [-0.1, -0.05) is 110 Å². The van der Waals surface area contributed by atoms with Crippen LogP contribution in [0.1, 0.15) is 136 Å². The maximum Gasteiger partial charge on any atom is -0.0353 e. The smallest absolute Gasteiger partial charge is 0.0353 e. The molecule has 27 heavy (non-hydrogen) atoms. The van der Waals surface area contributed by atoms with Crippen molar-refractivity contribution in [2.45, 2.75) is 136 Å². The fourth-order valence-electron chi connectivity index (χ4n) is 4.14. The topological polar surface area (TPSA) is 0 Å². The number of allylic oxidation sites excluding steroid dienone is 2. The molecular weight excluding hydrogens is 324 g/mol. The molecular formula is C27H52. The maximum absolute atomic E-state index is 3.80. The van der Waals surface area contributed by atoms with Crippen molar-refractivity contribution >= 4 is 0 Å². The van der Waals surface area contributed by atoms with Crippen LogP contribution < -0.4 is 0 Å². The summed E-state index contributed by atoms with van der Waals surface area (Å²) < 4.78 is 0. The van der Waals surface area contributed by atoms with E-state index in [1.54, 1.807) is 0 Å². The van der Waals surface area contributed by atoms with E-state index in [1.807, 2.05) is 0 Å². The van der Waals surface area contributed by atoms with Gasteiger partial charge in [-0.3, -0.25) is 0 Å².